The lowest BCUT2D eigenvalue weighted by atomic mass is 10.4. The molecule has 0 aromatic carbocycles. The Labute approximate surface area is 101 Å². The van der Waals surface area contributed by atoms with E-state index in [9.17, 15) is 0 Å². The summed E-state index contributed by atoms with van der Waals surface area (Å²) in [5.41, 5.74) is 0. The second kappa shape index (κ2) is 7.02. The van der Waals surface area contributed by atoms with Crippen molar-refractivity contribution in [2.24, 2.45) is 0 Å². The van der Waals surface area contributed by atoms with Crippen molar-refractivity contribution in [3.63, 3.8) is 0 Å². The van der Waals surface area contributed by atoms with E-state index >= 15 is 0 Å². The zero-order valence-corrected chi connectivity index (χ0v) is 9.72. The molecule has 0 fully saturated rings. The number of aromatic nitrogens is 2. The molecule has 0 bridgehead atoms. The fraction of sp³-hybridized carbons (Fsp3) is 0.455. The molecule has 1 N–H and O–H groups in total. The Morgan fingerprint density at radius 2 is 2.00 bits per heavy atom. The standard InChI is InChI=1S/C11H14N6/c1-2-5-14-10-8-11(16-9-15-10)17(6-3-12)7-4-13/h8-9H,2,5-7H2,1H3,(H,14,15,16). The molecule has 0 aliphatic heterocycles. The van der Waals surface area contributed by atoms with Crippen LogP contribution in [0.15, 0.2) is 12.4 Å². The fourth-order valence-electron chi connectivity index (χ4n) is 1.26. The Morgan fingerprint density at radius 3 is 2.59 bits per heavy atom. The van der Waals surface area contributed by atoms with E-state index in [0.717, 1.165) is 13.0 Å². The van der Waals surface area contributed by atoms with E-state index in [1.165, 1.54) is 6.33 Å². The number of hydrogen-bond acceptors (Lipinski definition) is 6. The largest absolute Gasteiger partial charge is 0.370 e. The third kappa shape index (κ3) is 3.96. The molecule has 88 valence electrons. The minimum atomic E-state index is 0.137. The molecule has 0 aliphatic rings. The lowest BCUT2D eigenvalue weighted by Gasteiger charge is -2.17. The number of nitrogens with one attached hydrogen (secondary N) is 1. The Hall–Kier alpha value is -2.34. The molecule has 0 saturated carbocycles. The number of rotatable bonds is 6. The molecule has 1 aromatic heterocycles. The number of hydrogen-bond donors (Lipinski definition) is 1. The van der Waals surface area contributed by atoms with Crippen LogP contribution >= 0.6 is 0 Å². The van der Waals surface area contributed by atoms with Gasteiger partial charge in [0, 0.05) is 12.6 Å². The Balaban J connectivity index is 2.81. The van der Waals surface area contributed by atoms with Crippen LogP contribution in [0.4, 0.5) is 11.6 Å². The monoisotopic (exact) mass is 230 g/mol. The van der Waals surface area contributed by atoms with Crippen LogP contribution in [0.5, 0.6) is 0 Å². The first-order chi connectivity index (χ1) is 8.31. The maximum atomic E-state index is 8.68. The first-order valence-electron chi connectivity index (χ1n) is 5.36. The van der Waals surface area contributed by atoms with Crippen molar-refractivity contribution in [3.05, 3.63) is 12.4 Å². The number of nitriles is 2. The van der Waals surface area contributed by atoms with Crippen LogP contribution in [0, 0.1) is 22.7 Å². The lowest BCUT2D eigenvalue weighted by Crippen LogP contribution is -2.25. The smallest absolute Gasteiger partial charge is 0.135 e. The van der Waals surface area contributed by atoms with Crippen LogP contribution < -0.4 is 10.2 Å². The minimum absolute atomic E-state index is 0.137. The average Bonchev–Trinajstić information content (AvgIpc) is 2.36. The lowest BCUT2D eigenvalue weighted by molar-refractivity contribution is 0.918. The summed E-state index contributed by atoms with van der Waals surface area (Å²) in [5.74, 6) is 1.29. The van der Waals surface area contributed by atoms with E-state index in [1.54, 1.807) is 11.0 Å². The normalized spacial score (nSPS) is 9.12. The number of nitrogens with zero attached hydrogens (tertiary/aromatic N) is 5. The van der Waals surface area contributed by atoms with E-state index in [2.05, 4.69) is 22.2 Å². The molecular weight excluding hydrogens is 216 g/mol. The second-order valence-corrected chi connectivity index (χ2v) is 3.36. The first-order valence-corrected chi connectivity index (χ1v) is 5.36. The molecule has 0 aliphatic carbocycles. The summed E-state index contributed by atoms with van der Waals surface area (Å²) >= 11 is 0. The Morgan fingerprint density at radius 1 is 1.29 bits per heavy atom. The van der Waals surface area contributed by atoms with Gasteiger partial charge in [-0.3, -0.25) is 0 Å². The Bertz CT molecular complexity index is 414. The molecule has 6 nitrogen and oxygen atoms in total. The molecule has 1 aromatic rings. The average molecular weight is 230 g/mol. The SMILES string of the molecule is CCCNc1cc(N(CC#N)CC#N)ncn1. The fourth-order valence-corrected chi connectivity index (χ4v) is 1.26. The van der Waals surface area contributed by atoms with Crippen LogP contribution in [0.1, 0.15) is 13.3 Å². The summed E-state index contributed by atoms with van der Waals surface area (Å²) in [6.45, 7) is 3.16. The molecular formula is C11H14N6. The van der Waals surface area contributed by atoms with Crippen molar-refractivity contribution >= 4 is 11.6 Å². The highest BCUT2D eigenvalue weighted by molar-refractivity contribution is 5.49. The molecule has 0 atom stereocenters. The van der Waals surface area contributed by atoms with Crippen LogP contribution in [0.3, 0.4) is 0 Å². The van der Waals surface area contributed by atoms with Crippen LogP contribution in [0.25, 0.3) is 0 Å². The Kier molecular flexibility index (Phi) is 5.26. The summed E-state index contributed by atoms with van der Waals surface area (Å²) in [4.78, 5) is 9.72. The summed E-state index contributed by atoms with van der Waals surface area (Å²) in [6.07, 6.45) is 2.43. The van der Waals surface area contributed by atoms with Gasteiger partial charge >= 0.3 is 0 Å². The molecule has 0 radical (unpaired) electrons. The summed E-state index contributed by atoms with van der Waals surface area (Å²) in [5, 5.41) is 20.5. The van der Waals surface area contributed by atoms with E-state index < -0.39 is 0 Å². The number of anilines is 2. The van der Waals surface area contributed by atoms with Gasteiger partial charge in [0.1, 0.15) is 31.1 Å². The predicted molar refractivity (Wildman–Crippen MR) is 64.3 cm³/mol. The van der Waals surface area contributed by atoms with Crippen LogP contribution in [-0.4, -0.2) is 29.6 Å². The third-order valence-electron chi connectivity index (χ3n) is 2.06. The van der Waals surface area contributed by atoms with E-state index in [1.807, 2.05) is 12.1 Å². The van der Waals surface area contributed by atoms with E-state index in [0.29, 0.717) is 11.6 Å². The van der Waals surface area contributed by atoms with Crippen molar-refractivity contribution in [1.82, 2.24) is 9.97 Å². The summed E-state index contributed by atoms with van der Waals surface area (Å²) in [6, 6.07) is 5.76. The zero-order chi connectivity index (χ0) is 12.5. The molecule has 0 spiro atoms. The minimum Gasteiger partial charge on any atom is -0.370 e. The maximum Gasteiger partial charge on any atom is 0.135 e. The molecule has 0 unspecified atom stereocenters. The van der Waals surface area contributed by atoms with Gasteiger partial charge in [-0.2, -0.15) is 10.5 Å². The molecule has 1 heterocycles. The van der Waals surface area contributed by atoms with E-state index in [-0.39, 0.29) is 13.1 Å². The summed E-state index contributed by atoms with van der Waals surface area (Å²) < 4.78 is 0. The second-order valence-electron chi connectivity index (χ2n) is 3.36. The van der Waals surface area contributed by atoms with Gasteiger partial charge in [0.25, 0.3) is 0 Å². The summed E-state index contributed by atoms with van der Waals surface area (Å²) in [7, 11) is 0. The van der Waals surface area contributed by atoms with Gasteiger partial charge in [0.15, 0.2) is 0 Å². The molecule has 0 amide bonds. The van der Waals surface area contributed by atoms with Crippen molar-refractivity contribution < 1.29 is 0 Å². The van der Waals surface area contributed by atoms with Crippen LogP contribution in [-0.2, 0) is 0 Å². The maximum absolute atomic E-state index is 8.68. The quantitative estimate of drug-likeness (QED) is 0.737. The van der Waals surface area contributed by atoms with Crippen molar-refractivity contribution in [1.29, 1.82) is 10.5 Å². The van der Waals surface area contributed by atoms with Gasteiger partial charge in [-0.15, -0.1) is 0 Å². The van der Waals surface area contributed by atoms with Crippen molar-refractivity contribution in [2.45, 2.75) is 13.3 Å². The highest BCUT2D eigenvalue weighted by Crippen LogP contribution is 2.13. The van der Waals surface area contributed by atoms with Gasteiger partial charge in [0.05, 0.1) is 12.1 Å². The molecule has 6 heteroatoms. The molecule has 17 heavy (non-hydrogen) atoms. The van der Waals surface area contributed by atoms with Gasteiger partial charge < -0.3 is 10.2 Å². The highest BCUT2D eigenvalue weighted by atomic mass is 15.2. The predicted octanol–water partition coefficient (Wildman–Crippen LogP) is 1.15. The van der Waals surface area contributed by atoms with Gasteiger partial charge in [-0.25, -0.2) is 9.97 Å². The zero-order valence-electron chi connectivity index (χ0n) is 9.72. The molecule has 0 saturated heterocycles. The van der Waals surface area contributed by atoms with Gasteiger partial charge in [-0.05, 0) is 6.42 Å². The topological polar surface area (TPSA) is 88.6 Å². The highest BCUT2D eigenvalue weighted by Gasteiger charge is 2.07. The van der Waals surface area contributed by atoms with Gasteiger partial charge in [0.2, 0.25) is 0 Å². The van der Waals surface area contributed by atoms with Gasteiger partial charge in [-0.1, -0.05) is 6.92 Å². The first kappa shape index (κ1) is 12.7. The molecule has 1 rings (SSSR count). The van der Waals surface area contributed by atoms with Crippen molar-refractivity contribution in [2.75, 3.05) is 29.9 Å². The van der Waals surface area contributed by atoms with E-state index in [4.69, 9.17) is 10.5 Å². The van der Waals surface area contributed by atoms with Crippen LogP contribution in [0.2, 0.25) is 0 Å². The van der Waals surface area contributed by atoms with Crippen molar-refractivity contribution in [3.8, 4) is 12.1 Å². The third-order valence-corrected chi connectivity index (χ3v) is 2.06.